The highest BCUT2D eigenvalue weighted by molar-refractivity contribution is 5.63. The number of terminal acetylenes is 1. The van der Waals surface area contributed by atoms with Crippen molar-refractivity contribution in [2.24, 2.45) is 0 Å². The van der Waals surface area contributed by atoms with Gasteiger partial charge in [-0.2, -0.15) is 0 Å². The van der Waals surface area contributed by atoms with Crippen molar-refractivity contribution >= 4 is 6.16 Å². The normalized spacial score (nSPS) is 8.92. The first-order valence-corrected chi connectivity index (χ1v) is 3.62. The van der Waals surface area contributed by atoms with Gasteiger partial charge in [-0.3, -0.25) is 0 Å². The summed E-state index contributed by atoms with van der Waals surface area (Å²) in [4.78, 5) is 10.2. The van der Waals surface area contributed by atoms with Crippen LogP contribution in [0.15, 0.2) is 18.2 Å². The third-order valence-electron chi connectivity index (χ3n) is 1.64. The zero-order valence-electron chi connectivity index (χ0n) is 7.07. The highest BCUT2D eigenvalue weighted by Crippen LogP contribution is 2.20. The maximum absolute atomic E-state index is 10.2. The highest BCUT2D eigenvalue weighted by atomic mass is 16.7. The second kappa shape index (κ2) is 3.63. The number of rotatable bonds is 1. The molecular formula is C10H8O3. The molecule has 0 fully saturated rings. The fraction of sp³-hybridized carbons (Fsp3) is 0.100. The van der Waals surface area contributed by atoms with Gasteiger partial charge >= 0.3 is 6.16 Å². The zero-order chi connectivity index (χ0) is 9.84. The monoisotopic (exact) mass is 176 g/mol. The lowest BCUT2D eigenvalue weighted by Gasteiger charge is -2.04. The van der Waals surface area contributed by atoms with Crippen LogP contribution in [-0.2, 0) is 0 Å². The van der Waals surface area contributed by atoms with E-state index in [4.69, 9.17) is 11.5 Å². The van der Waals surface area contributed by atoms with Crippen LogP contribution in [0.1, 0.15) is 11.1 Å². The second-order valence-electron chi connectivity index (χ2n) is 2.44. The molecule has 0 amide bonds. The van der Waals surface area contributed by atoms with Crippen LogP contribution in [0.5, 0.6) is 5.75 Å². The minimum Gasteiger partial charge on any atom is -0.449 e. The van der Waals surface area contributed by atoms with Crippen molar-refractivity contribution in [2.45, 2.75) is 6.92 Å². The van der Waals surface area contributed by atoms with E-state index in [1.165, 1.54) is 0 Å². The van der Waals surface area contributed by atoms with Crippen LogP contribution in [0.25, 0.3) is 0 Å². The van der Waals surface area contributed by atoms with E-state index in [1.807, 2.05) is 0 Å². The lowest BCUT2D eigenvalue weighted by Crippen LogP contribution is -2.04. The summed E-state index contributed by atoms with van der Waals surface area (Å²) < 4.78 is 4.51. The third-order valence-corrected chi connectivity index (χ3v) is 1.64. The summed E-state index contributed by atoms with van der Waals surface area (Å²) in [5.74, 6) is 2.72. The summed E-state index contributed by atoms with van der Waals surface area (Å²) in [6.07, 6.45) is 3.86. The molecule has 1 aromatic carbocycles. The summed E-state index contributed by atoms with van der Waals surface area (Å²) in [6.45, 7) is 1.72. The Morgan fingerprint density at radius 1 is 1.62 bits per heavy atom. The molecule has 1 aromatic rings. The fourth-order valence-electron chi connectivity index (χ4n) is 0.975. The maximum atomic E-state index is 10.2. The number of benzene rings is 1. The highest BCUT2D eigenvalue weighted by Gasteiger charge is 2.06. The van der Waals surface area contributed by atoms with Crippen LogP contribution in [0.3, 0.4) is 0 Å². The summed E-state index contributed by atoms with van der Waals surface area (Å²) in [6, 6.07) is 4.94. The Morgan fingerprint density at radius 3 is 2.85 bits per heavy atom. The number of hydrogen-bond donors (Lipinski definition) is 1. The largest absolute Gasteiger partial charge is 0.511 e. The molecule has 66 valence electrons. The van der Waals surface area contributed by atoms with E-state index in [9.17, 15) is 4.79 Å². The van der Waals surface area contributed by atoms with E-state index in [0.717, 1.165) is 0 Å². The lowest BCUT2D eigenvalue weighted by atomic mass is 10.1. The van der Waals surface area contributed by atoms with Gasteiger partial charge in [0.05, 0.1) is 0 Å². The van der Waals surface area contributed by atoms with Crippen molar-refractivity contribution in [3.8, 4) is 18.1 Å². The molecule has 0 heterocycles. The molecule has 1 rings (SSSR count). The van der Waals surface area contributed by atoms with Gasteiger partial charge in [-0.1, -0.05) is 12.0 Å². The molecule has 0 aliphatic carbocycles. The van der Waals surface area contributed by atoms with Crippen molar-refractivity contribution in [1.82, 2.24) is 0 Å². The quantitative estimate of drug-likeness (QED) is 0.404. The molecule has 0 saturated carbocycles. The van der Waals surface area contributed by atoms with Crippen molar-refractivity contribution in [3.05, 3.63) is 29.3 Å². The number of carbonyl (C=O) groups is 1. The molecule has 3 heteroatoms. The molecular weight excluding hydrogens is 168 g/mol. The average Bonchev–Trinajstić information content (AvgIpc) is 2.08. The van der Waals surface area contributed by atoms with Gasteiger partial charge in [0.25, 0.3) is 0 Å². The van der Waals surface area contributed by atoms with Crippen LogP contribution >= 0.6 is 0 Å². The molecule has 13 heavy (non-hydrogen) atoms. The van der Waals surface area contributed by atoms with Crippen molar-refractivity contribution in [1.29, 1.82) is 0 Å². The van der Waals surface area contributed by atoms with Crippen LogP contribution in [0.2, 0.25) is 0 Å². The number of carboxylic acid groups (broad SMARTS) is 1. The van der Waals surface area contributed by atoms with E-state index in [-0.39, 0.29) is 5.75 Å². The molecule has 0 aliphatic heterocycles. The lowest BCUT2D eigenvalue weighted by molar-refractivity contribution is 0.144. The molecule has 0 saturated heterocycles. The van der Waals surface area contributed by atoms with Crippen LogP contribution in [-0.4, -0.2) is 11.3 Å². The summed E-state index contributed by atoms with van der Waals surface area (Å²) in [5.41, 5.74) is 1.30. The van der Waals surface area contributed by atoms with E-state index < -0.39 is 6.16 Å². The van der Waals surface area contributed by atoms with E-state index in [2.05, 4.69) is 10.7 Å². The van der Waals surface area contributed by atoms with Crippen molar-refractivity contribution in [2.75, 3.05) is 0 Å². The van der Waals surface area contributed by atoms with Crippen LogP contribution < -0.4 is 4.74 Å². The predicted octanol–water partition coefficient (Wildman–Crippen LogP) is 2.03. The van der Waals surface area contributed by atoms with Gasteiger partial charge < -0.3 is 9.84 Å². The van der Waals surface area contributed by atoms with Gasteiger partial charge in [0.1, 0.15) is 5.75 Å². The Bertz CT molecular complexity index is 374. The Hall–Kier alpha value is -1.95. The first-order chi connectivity index (χ1) is 6.15. The van der Waals surface area contributed by atoms with E-state index >= 15 is 0 Å². The zero-order valence-corrected chi connectivity index (χ0v) is 7.07. The molecule has 0 unspecified atom stereocenters. The molecule has 0 radical (unpaired) electrons. The Balaban J connectivity index is 3.10. The Morgan fingerprint density at radius 2 is 2.31 bits per heavy atom. The molecule has 0 aliphatic rings. The predicted molar refractivity (Wildman–Crippen MR) is 47.8 cm³/mol. The molecule has 3 nitrogen and oxygen atoms in total. The maximum Gasteiger partial charge on any atom is 0.511 e. The van der Waals surface area contributed by atoms with Crippen molar-refractivity contribution in [3.63, 3.8) is 0 Å². The van der Waals surface area contributed by atoms with Crippen LogP contribution in [0.4, 0.5) is 4.79 Å². The van der Waals surface area contributed by atoms with Crippen LogP contribution in [0, 0.1) is 19.3 Å². The molecule has 1 N–H and O–H groups in total. The van der Waals surface area contributed by atoms with Gasteiger partial charge in [0, 0.05) is 11.1 Å². The molecule has 0 spiro atoms. The Labute approximate surface area is 76.0 Å². The summed E-state index contributed by atoms with van der Waals surface area (Å²) >= 11 is 0. The van der Waals surface area contributed by atoms with Gasteiger partial charge in [0.2, 0.25) is 0 Å². The third kappa shape index (κ3) is 2.00. The topological polar surface area (TPSA) is 46.5 Å². The van der Waals surface area contributed by atoms with Crippen molar-refractivity contribution < 1.29 is 14.6 Å². The standard InChI is InChI=1S/C10H8O3/c1-3-8-5-4-6-9(7(8)2)13-10(11)12/h1,4-6H,2H3,(H,11,12). The molecule has 0 atom stereocenters. The molecule has 0 bridgehead atoms. The summed E-state index contributed by atoms with van der Waals surface area (Å²) in [5, 5.41) is 8.38. The fourth-order valence-corrected chi connectivity index (χ4v) is 0.975. The van der Waals surface area contributed by atoms with Gasteiger partial charge in [-0.25, -0.2) is 4.79 Å². The smallest absolute Gasteiger partial charge is 0.449 e. The SMILES string of the molecule is C#Cc1cccc(OC(=O)O)c1C. The molecule has 0 aromatic heterocycles. The van der Waals surface area contributed by atoms with Gasteiger partial charge in [-0.15, -0.1) is 6.42 Å². The van der Waals surface area contributed by atoms with E-state index in [1.54, 1.807) is 25.1 Å². The van der Waals surface area contributed by atoms with E-state index in [0.29, 0.717) is 11.1 Å². The Kier molecular flexibility index (Phi) is 2.56. The average molecular weight is 176 g/mol. The van der Waals surface area contributed by atoms with Gasteiger partial charge in [-0.05, 0) is 19.1 Å². The minimum atomic E-state index is -1.34. The van der Waals surface area contributed by atoms with Gasteiger partial charge in [0.15, 0.2) is 0 Å². The number of hydrogen-bond acceptors (Lipinski definition) is 2. The minimum absolute atomic E-state index is 0.281. The first-order valence-electron chi connectivity index (χ1n) is 3.62. The number of ether oxygens (including phenoxy) is 1. The second-order valence-corrected chi connectivity index (χ2v) is 2.44. The first kappa shape index (κ1) is 9.14. The summed E-state index contributed by atoms with van der Waals surface area (Å²) in [7, 11) is 0.